The fraction of sp³-hybridized carbons (Fsp3) is 0.625. The van der Waals surface area contributed by atoms with Gasteiger partial charge in [0.2, 0.25) is 0 Å². The molecule has 0 aliphatic carbocycles. The van der Waals surface area contributed by atoms with Crippen molar-refractivity contribution in [2.75, 3.05) is 45.2 Å². The van der Waals surface area contributed by atoms with Gasteiger partial charge in [-0.15, -0.1) is 0 Å². The van der Waals surface area contributed by atoms with Crippen LogP contribution in [0.3, 0.4) is 0 Å². The molecule has 1 heterocycles. The number of hydrogen-bond donors (Lipinski definition) is 1. The number of benzene rings is 1. The highest BCUT2D eigenvalue weighted by Gasteiger charge is 2.18. The summed E-state index contributed by atoms with van der Waals surface area (Å²) in [5.74, 6) is 0. The number of nitrogens with zero attached hydrogens (tertiary/aromatic N) is 2. The molecule has 0 spiro atoms. The van der Waals surface area contributed by atoms with Crippen LogP contribution in [0.15, 0.2) is 24.3 Å². The van der Waals surface area contributed by atoms with E-state index in [4.69, 9.17) is 0 Å². The van der Waals surface area contributed by atoms with Crippen LogP contribution in [0.1, 0.15) is 18.9 Å². The molecule has 1 aromatic carbocycles. The van der Waals surface area contributed by atoms with E-state index in [9.17, 15) is 0 Å². The van der Waals surface area contributed by atoms with Crippen LogP contribution in [0.4, 0.5) is 5.69 Å². The van der Waals surface area contributed by atoms with E-state index >= 15 is 0 Å². The molecular weight excluding hydrogens is 234 g/mol. The molecule has 0 amide bonds. The molecule has 1 fully saturated rings. The third-order valence-corrected chi connectivity index (χ3v) is 4.06. The highest BCUT2D eigenvalue weighted by Crippen LogP contribution is 2.17. The van der Waals surface area contributed by atoms with Crippen molar-refractivity contribution >= 4 is 5.69 Å². The summed E-state index contributed by atoms with van der Waals surface area (Å²) in [5.41, 5.74) is 2.73. The molecule has 1 aromatic rings. The summed E-state index contributed by atoms with van der Waals surface area (Å²) < 4.78 is 0. The van der Waals surface area contributed by atoms with Crippen LogP contribution in [-0.2, 0) is 6.42 Å². The molecule has 1 saturated heterocycles. The van der Waals surface area contributed by atoms with E-state index in [1.165, 1.54) is 37.2 Å². The summed E-state index contributed by atoms with van der Waals surface area (Å²) in [6, 6.07) is 9.69. The molecule has 1 unspecified atom stereocenters. The van der Waals surface area contributed by atoms with Crippen LogP contribution in [0.2, 0.25) is 0 Å². The minimum Gasteiger partial charge on any atom is -0.378 e. The molecule has 0 radical (unpaired) electrons. The van der Waals surface area contributed by atoms with Crippen LogP contribution in [0.5, 0.6) is 0 Å². The standard InChI is InChI=1S/C16H27N3/c1-4-15(19-11-9-17-10-12-19)13-14-5-7-16(8-6-14)18(2)3/h5-8,15,17H,4,9-13H2,1-3H3. The summed E-state index contributed by atoms with van der Waals surface area (Å²) in [6.07, 6.45) is 2.40. The Labute approximate surface area is 117 Å². The fourth-order valence-corrected chi connectivity index (χ4v) is 2.78. The average molecular weight is 261 g/mol. The lowest BCUT2D eigenvalue weighted by atomic mass is 10.0. The predicted octanol–water partition coefficient (Wildman–Crippen LogP) is 1.98. The zero-order valence-corrected chi connectivity index (χ0v) is 12.5. The SMILES string of the molecule is CCC(Cc1ccc(N(C)C)cc1)N1CCNCC1. The molecule has 0 bridgehead atoms. The highest BCUT2D eigenvalue weighted by atomic mass is 15.2. The highest BCUT2D eigenvalue weighted by molar-refractivity contribution is 5.46. The van der Waals surface area contributed by atoms with Gasteiger partial charge in [-0.25, -0.2) is 0 Å². The minimum atomic E-state index is 0.687. The summed E-state index contributed by atoms with van der Waals surface area (Å²) in [5, 5.41) is 3.43. The molecule has 0 saturated carbocycles. The maximum atomic E-state index is 3.43. The second-order valence-electron chi connectivity index (χ2n) is 5.61. The molecule has 19 heavy (non-hydrogen) atoms. The molecular formula is C16H27N3. The van der Waals surface area contributed by atoms with Crippen LogP contribution >= 0.6 is 0 Å². The quantitative estimate of drug-likeness (QED) is 0.874. The summed E-state index contributed by atoms with van der Waals surface area (Å²) in [4.78, 5) is 4.79. The van der Waals surface area contributed by atoms with E-state index in [-0.39, 0.29) is 0 Å². The Bertz CT molecular complexity index is 366. The van der Waals surface area contributed by atoms with E-state index in [2.05, 4.69) is 60.4 Å². The number of hydrogen-bond acceptors (Lipinski definition) is 3. The van der Waals surface area contributed by atoms with Gasteiger partial charge in [0, 0.05) is 52.0 Å². The normalized spacial score (nSPS) is 18.3. The number of anilines is 1. The van der Waals surface area contributed by atoms with Gasteiger partial charge in [-0.3, -0.25) is 4.90 Å². The van der Waals surface area contributed by atoms with Gasteiger partial charge in [-0.1, -0.05) is 19.1 Å². The van der Waals surface area contributed by atoms with E-state index in [1.807, 2.05) is 0 Å². The monoisotopic (exact) mass is 261 g/mol. The van der Waals surface area contributed by atoms with Gasteiger partial charge >= 0.3 is 0 Å². The van der Waals surface area contributed by atoms with Crippen LogP contribution in [-0.4, -0.2) is 51.2 Å². The average Bonchev–Trinajstić information content (AvgIpc) is 2.46. The van der Waals surface area contributed by atoms with Crippen molar-refractivity contribution < 1.29 is 0 Å². The third-order valence-electron chi connectivity index (χ3n) is 4.06. The summed E-state index contributed by atoms with van der Waals surface area (Å²) in [6.45, 7) is 6.95. The lowest BCUT2D eigenvalue weighted by Gasteiger charge is -2.34. The van der Waals surface area contributed by atoms with E-state index in [0.29, 0.717) is 6.04 Å². The van der Waals surface area contributed by atoms with Crippen molar-refractivity contribution in [2.24, 2.45) is 0 Å². The van der Waals surface area contributed by atoms with E-state index in [0.717, 1.165) is 13.1 Å². The topological polar surface area (TPSA) is 18.5 Å². The second-order valence-corrected chi connectivity index (χ2v) is 5.61. The Morgan fingerprint density at radius 2 is 1.79 bits per heavy atom. The molecule has 3 nitrogen and oxygen atoms in total. The van der Waals surface area contributed by atoms with Gasteiger partial charge in [0.1, 0.15) is 0 Å². The first-order chi connectivity index (χ1) is 9.20. The number of rotatable bonds is 5. The maximum absolute atomic E-state index is 3.43. The van der Waals surface area contributed by atoms with Gasteiger partial charge in [0.15, 0.2) is 0 Å². The minimum absolute atomic E-state index is 0.687. The van der Waals surface area contributed by atoms with Crippen LogP contribution < -0.4 is 10.2 Å². The number of nitrogens with one attached hydrogen (secondary N) is 1. The van der Waals surface area contributed by atoms with Crippen molar-refractivity contribution in [1.29, 1.82) is 0 Å². The maximum Gasteiger partial charge on any atom is 0.0361 e. The van der Waals surface area contributed by atoms with Gasteiger partial charge in [-0.2, -0.15) is 0 Å². The third kappa shape index (κ3) is 3.95. The second kappa shape index (κ2) is 6.92. The van der Waals surface area contributed by atoms with Gasteiger partial charge < -0.3 is 10.2 Å². The first-order valence-corrected chi connectivity index (χ1v) is 7.41. The Balaban J connectivity index is 1.97. The summed E-state index contributed by atoms with van der Waals surface area (Å²) in [7, 11) is 4.18. The lowest BCUT2D eigenvalue weighted by Crippen LogP contribution is -2.48. The van der Waals surface area contributed by atoms with E-state index < -0.39 is 0 Å². The van der Waals surface area contributed by atoms with Crippen molar-refractivity contribution in [3.05, 3.63) is 29.8 Å². The smallest absolute Gasteiger partial charge is 0.0361 e. The largest absolute Gasteiger partial charge is 0.378 e. The molecule has 1 aliphatic heterocycles. The van der Waals surface area contributed by atoms with Crippen LogP contribution in [0.25, 0.3) is 0 Å². The molecule has 2 rings (SSSR count). The molecule has 0 aromatic heterocycles. The van der Waals surface area contributed by atoms with Gasteiger partial charge in [-0.05, 0) is 30.5 Å². The first-order valence-electron chi connectivity index (χ1n) is 7.41. The van der Waals surface area contributed by atoms with E-state index in [1.54, 1.807) is 0 Å². The predicted molar refractivity (Wildman–Crippen MR) is 83.0 cm³/mol. The zero-order chi connectivity index (χ0) is 13.7. The van der Waals surface area contributed by atoms with Crippen molar-refractivity contribution in [3.63, 3.8) is 0 Å². The molecule has 1 N–H and O–H groups in total. The lowest BCUT2D eigenvalue weighted by molar-refractivity contribution is 0.167. The van der Waals surface area contributed by atoms with Crippen molar-refractivity contribution in [3.8, 4) is 0 Å². The number of piperazine rings is 1. The molecule has 1 atom stereocenters. The van der Waals surface area contributed by atoms with Gasteiger partial charge in [0.25, 0.3) is 0 Å². The summed E-state index contributed by atoms with van der Waals surface area (Å²) >= 11 is 0. The fourth-order valence-electron chi connectivity index (χ4n) is 2.78. The Morgan fingerprint density at radius 1 is 1.16 bits per heavy atom. The van der Waals surface area contributed by atoms with Gasteiger partial charge in [0.05, 0.1) is 0 Å². The molecule has 1 aliphatic rings. The first kappa shape index (κ1) is 14.4. The van der Waals surface area contributed by atoms with Crippen molar-refractivity contribution in [1.82, 2.24) is 10.2 Å². The zero-order valence-electron chi connectivity index (χ0n) is 12.5. The Morgan fingerprint density at radius 3 is 2.32 bits per heavy atom. The van der Waals surface area contributed by atoms with Crippen LogP contribution in [0, 0.1) is 0 Å². The van der Waals surface area contributed by atoms with Crippen molar-refractivity contribution in [2.45, 2.75) is 25.8 Å². The Kier molecular flexibility index (Phi) is 5.23. The molecule has 106 valence electrons. The molecule has 3 heteroatoms. The Hall–Kier alpha value is -1.06.